The Bertz CT molecular complexity index is 551. The molecule has 1 aliphatic heterocycles. The van der Waals surface area contributed by atoms with Gasteiger partial charge in [0.2, 0.25) is 10.0 Å². The Labute approximate surface area is 117 Å². The number of benzene rings is 1. The van der Waals surface area contributed by atoms with Gasteiger partial charge < -0.3 is 4.74 Å². The molecule has 0 unspecified atom stereocenters. The molecule has 2 atom stereocenters. The maximum Gasteiger partial charge on any atom is 0.216 e. The minimum Gasteiger partial charge on any atom is -0.381 e. The average molecular weight is 305 g/mol. The lowest BCUT2D eigenvalue weighted by Gasteiger charge is -2.19. The summed E-state index contributed by atoms with van der Waals surface area (Å²) in [5.74, 6) is -2.32. The van der Waals surface area contributed by atoms with Crippen LogP contribution in [0, 0.1) is 17.6 Å². The van der Waals surface area contributed by atoms with E-state index < -0.39 is 33.0 Å². The van der Waals surface area contributed by atoms with E-state index >= 15 is 0 Å². The largest absolute Gasteiger partial charge is 0.381 e. The summed E-state index contributed by atoms with van der Waals surface area (Å²) in [6.07, 6.45) is 0.776. The van der Waals surface area contributed by atoms with Crippen molar-refractivity contribution < 1.29 is 21.9 Å². The molecule has 7 heteroatoms. The maximum absolute atomic E-state index is 13.5. The molecule has 0 saturated carbocycles. The lowest BCUT2D eigenvalue weighted by Crippen LogP contribution is -2.39. The first-order valence-corrected chi connectivity index (χ1v) is 8.05. The first-order chi connectivity index (χ1) is 9.39. The first-order valence-electron chi connectivity index (χ1n) is 6.39. The van der Waals surface area contributed by atoms with Gasteiger partial charge in [-0.05, 0) is 25.5 Å². The monoisotopic (exact) mass is 305 g/mol. The summed E-state index contributed by atoms with van der Waals surface area (Å²) >= 11 is 0. The van der Waals surface area contributed by atoms with E-state index in [1.165, 1.54) is 6.07 Å². The number of halogens is 2. The van der Waals surface area contributed by atoms with E-state index in [0.29, 0.717) is 13.2 Å². The Morgan fingerprint density at radius 3 is 2.60 bits per heavy atom. The van der Waals surface area contributed by atoms with Crippen LogP contribution in [0.4, 0.5) is 8.78 Å². The zero-order valence-corrected chi connectivity index (χ0v) is 11.9. The van der Waals surface area contributed by atoms with Gasteiger partial charge in [-0.25, -0.2) is 21.9 Å². The van der Waals surface area contributed by atoms with E-state index in [1.54, 1.807) is 6.92 Å². The van der Waals surface area contributed by atoms with Crippen LogP contribution in [0.5, 0.6) is 0 Å². The molecule has 1 aliphatic rings. The first kappa shape index (κ1) is 15.3. The van der Waals surface area contributed by atoms with Crippen LogP contribution in [0.2, 0.25) is 0 Å². The van der Waals surface area contributed by atoms with Crippen molar-refractivity contribution in [2.75, 3.05) is 13.2 Å². The fourth-order valence-corrected chi connectivity index (χ4v) is 3.73. The summed E-state index contributed by atoms with van der Waals surface area (Å²) in [6.45, 7) is 2.84. The maximum atomic E-state index is 13.5. The molecule has 112 valence electrons. The number of sulfonamides is 1. The molecule has 1 aromatic carbocycles. The second-order valence-corrected chi connectivity index (χ2v) is 6.74. The van der Waals surface area contributed by atoms with Crippen molar-refractivity contribution in [3.8, 4) is 0 Å². The lowest BCUT2D eigenvalue weighted by molar-refractivity contribution is 0.180. The molecular formula is C13H17F2NO3S. The van der Waals surface area contributed by atoms with E-state index in [1.807, 2.05) is 0 Å². The van der Waals surface area contributed by atoms with Crippen LogP contribution in [-0.2, 0) is 20.5 Å². The molecule has 0 amide bonds. The van der Waals surface area contributed by atoms with Crippen LogP contribution in [0.3, 0.4) is 0 Å². The predicted molar refractivity (Wildman–Crippen MR) is 70.5 cm³/mol. The Kier molecular flexibility index (Phi) is 4.72. The quantitative estimate of drug-likeness (QED) is 0.902. The van der Waals surface area contributed by atoms with Gasteiger partial charge in [-0.3, -0.25) is 0 Å². The van der Waals surface area contributed by atoms with Gasteiger partial charge in [0.25, 0.3) is 0 Å². The van der Waals surface area contributed by atoms with Crippen LogP contribution >= 0.6 is 0 Å². The van der Waals surface area contributed by atoms with E-state index in [0.717, 1.165) is 18.6 Å². The van der Waals surface area contributed by atoms with Crippen molar-refractivity contribution in [1.82, 2.24) is 4.72 Å². The Hall–Kier alpha value is -1.05. The average Bonchev–Trinajstić information content (AvgIpc) is 2.87. The second-order valence-electron chi connectivity index (χ2n) is 4.99. The molecule has 2 rings (SSSR count). The predicted octanol–water partition coefficient (Wildman–Crippen LogP) is 1.81. The minimum absolute atomic E-state index is 0.0928. The molecule has 1 heterocycles. The van der Waals surface area contributed by atoms with E-state index in [2.05, 4.69) is 4.72 Å². The van der Waals surface area contributed by atoms with Crippen LogP contribution < -0.4 is 4.72 Å². The molecule has 1 N–H and O–H groups in total. The van der Waals surface area contributed by atoms with Crippen molar-refractivity contribution in [3.63, 3.8) is 0 Å². The fourth-order valence-electron chi connectivity index (χ4n) is 2.23. The van der Waals surface area contributed by atoms with Crippen molar-refractivity contribution in [2.45, 2.75) is 25.1 Å². The van der Waals surface area contributed by atoms with Crippen molar-refractivity contribution in [2.24, 2.45) is 5.92 Å². The van der Waals surface area contributed by atoms with Crippen molar-refractivity contribution in [3.05, 3.63) is 35.4 Å². The van der Waals surface area contributed by atoms with E-state index in [4.69, 9.17) is 4.74 Å². The molecule has 0 aliphatic carbocycles. The van der Waals surface area contributed by atoms with Gasteiger partial charge in [0.05, 0.1) is 12.4 Å². The van der Waals surface area contributed by atoms with Gasteiger partial charge in [0.15, 0.2) is 0 Å². The normalized spacial score (nSPS) is 21.1. The molecule has 1 aromatic rings. The Balaban J connectivity index is 2.07. The molecule has 0 spiro atoms. The molecule has 4 nitrogen and oxygen atoms in total. The third-order valence-corrected chi connectivity index (χ3v) is 4.83. The van der Waals surface area contributed by atoms with Gasteiger partial charge in [0.1, 0.15) is 11.6 Å². The van der Waals surface area contributed by atoms with Crippen molar-refractivity contribution >= 4 is 10.0 Å². The molecule has 0 bridgehead atoms. The van der Waals surface area contributed by atoms with Crippen LogP contribution in [0.1, 0.15) is 18.9 Å². The molecule has 1 fully saturated rings. The van der Waals surface area contributed by atoms with Crippen LogP contribution in [-0.4, -0.2) is 27.7 Å². The molecule has 20 heavy (non-hydrogen) atoms. The molecule has 0 radical (unpaired) electrons. The van der Waals surface area contributed by atoms with Gasteiger partial charge in [-0.15, -0.1) is 0 Å². The summed E-state index contributed by atoms with van der Waals surface area (Å²) in [5.41, 5.74) is -0.435. The van der Waals surface area contributed by atoms with Crippen LogP contribution in [0.15, 0.2) is 18.2 Å². The van der Waals surface area contributed by atoms with Gasteiger partial charge in [-0.2, -0.15) is 0 Å². The summed E-state index contributed by atoms with van der Waals surface area (Å²) in [5, 5.41) is 0. The van der Waals surface area contributed by atoms with E-state index in [-0.39, 0.29) is 12.0 Å². The molecule has 0 aromatic heterocycles. The lowest BCUT2D eigenvalue weighted by atomic mass is 10.0. The topological polar surface area (TPSA) is 55.4 Å². The van der Waals surface area contributed by atoms with Gasteiger partial charge in [-0.1, -0.05) is 6.07 Å². The third-order valence-electron chi connectivity index (χ3n) is 3.43. The highest BCUT2D eigenvalue weighted by Gasteiger charge is 2.27. The summed E-state index contributed by atoms with van der Waals surface area (Å²) < 4.78 is 58.6. The van der Waals surface area contributed by atoms with Gasteiger partial charge >= 0.3 is 0 Å². The molecular weight excluding hydrogens is 288 g/mol. The van der Waals surface area contributed by atoms with Gasteiger partial charge in [0, 0.05) is 24.1 Å². The highest BCUT2D eigenvalue weighted by molar-refractivity contribution is 7.88. The highest BCUT2D eigenvalue weighted by Crippen LogP contribution is 2.19. The summed E-state index contributed by atoms with van der Waals surface area (Å²) in [4.78, 5) is 0. The Morgan fingerprint density at radius 1 is 1.40 bits per heavy atom. The number of hydrogen-bond acceptors (Lipinski definition) is 3. The summed E-state index contributed by atoms with van der Waals surface area (Å²) in [7, 11) is -3.80. The summed E-state index contributed by atoms with van der Waals surface area (Å²) in [6, 6.07) is 2.97. The zero-order chi connectivity index (χ0) is 14.8. The molecule has 1 saturated heterocycles. The Morgan fingerprint density at radius 2 is 2.05 bits per heavy atom. The number of nitrogens with one attached hydrogen (secondary N) is 1. The standard InChI is InChI=1S/C13H17F2NO3S/c1-9(10-5-6-19-7-10)16-20(17,18)8-11-12(14)3-2-4-13(11)15/h2-4,9-10,16H,5-8H2,1H3/t9-,10-/m1/s1. The van der Waals surface area contributed by atoms with E-state index in [9.17, 15) is 17.2 Å². The smallest absolute Gasteiger partial charge is 0.216 e. The third kappa shape index (κ3) is 3.74. The highest BCUT2D eigenvalue weighted by atomic mass is 32.2. The zero-order valence-electron chi connectivity index (χ0n) is 11.1. The minimum atomic E-state index is -3.80. The second kappa shape index (κ2) is 6.15. The number of ether oxygens (including phenoxy) is 1. The van der Waals surface area contributed by atoms with Crippen LogP contribution in [0.25, 0.3) is 0 Å². The van der Waals surface area contributed by atoms with Crippen molar-refractivity contribution in [1.29, 1.82) is 0 Å². The number of hydrogen-bond donors (Lipinski definition) is 1. The number of rotatable bonds is 5. The fraction of sp³-hybridized carbons (Fsp3) is 0.538. The SMILES string of the molecule is C[C@@H](NS(=O)(=O)Cc1c(F)cccc1F)[C@@H]1CCOC1.